The number of amides is 1. The molecule has 39 heavy (non-hydrogen) atoms. The molecule has 5 aromatic rings. The molecule has 1 aliphatic heterocycles. The van der Waals surface area contributed by atoms with Crippen molar-refractivity contribution in [3.05, 3.63) is 138 Å². The lowest BCUT2D eigenvalue weighted by Gasteiger charge is -2.22. The Bertz CT molecular complexity index is 1840. The van der Waals surface area contributed by atoms with Crippen molar-refractivity contribution in [2.75, 3.05) is 0 Å². The number of benzene rings is 4. The Morgan fingerprint density at radius 3 is 2.38 bits per heavy atom. The standard InChI is InChI=1S/C31H20Br2ClN3O2/c32-20-10-6-9-19(15-20)27-17-26(36-37(27)31(39)22-11-4-5-12-24(22)34)29-28(18-7-2-1-3-8-18)23-16-21(33)13-14-25(23)35-30(29)38/h1-16,27H,17H2,(H,35,38)/t27-/m0/s1. The molecule has 8 heteroatoms. The molecule has 0 fully saturated rings. The number of nitrogens with one attached hydrogen (secondary N) is 1. The monoisotopic (exact) mass is 659 g/mol. The zero-order valence-corrected chi connectivity index (χ0v) is 24.3. The number of fused-ring (bicyclic) bond motifs is 1. The minimum Gasteiger partial charge on any atom is -0.321 e. The number of hydrogen-bond acceptors (Lipinski definition) is 3. The first-order chi connectivity index (χ1) is 18.9. The summed E-state index contributed by atoms with van der Waals surface area (Å²) in [5, 5.41) is 7.51. The van der Waals surface area contributed by atoms with Crippen molar-refractivity contribution in [2.24, 2.45) is 5.10 Å². The normalized spacial score (nSPS) is 15.0. The molecule has 192 valence electrons. The van der Waals surface area contributed by atoms with Crippen molar-refractivity contribution in [1.29, 1.82) is 0 Å². The van der Waals surface area contributed by atoms with Gasteiger partial charge in [-0.2, -0.15) is 5.10 Å². The number of halogens is 3. The molecular weight excluding hydrogens is 642 g/mol. The Kier molecular flexibility index (Phi) is 6.97. The van der Waals surface area contributed by atoms with Crippen molar-refractivity contribution < 1.29 is 4.79 Å². The smallest absolute Gasteiger partial charge is 0.276 e. The number of rotatable bonds is 4. The third kappa shape index (κ3) is 4.86. The van der Waals surface area contributed by atoms with E-state index >= 15 is 0 Å². The van der Waals surface area contributed by atoms with Gasteiger partial charge < -0.3 is 4.98 Å². The van der Waals surface area contributed by atoms with Crippen molar-refractivity contribution >= 4 is 66.0 Å². The minimum atomic E-state index is -0.428. The van der Waals surface area contributed by atoms with E-state index in [0.717, 1.165) is 36.5 Å². The number of aromatic amines is 1. The quantitative estimate of drug-likeness (QED) is 0.210. The molecule has 4 aromatic carbocycles. The molecule has 1 aliphatic rings. The summed E-state index contributed by atoms with van der Waals surface area (Å²) >= 11 is 13.5. The average Bonchev–Trinajstić information content (AvgIpc) is 3.38. The van der Waals surface area contributed by atoms with Crippen LogP contribution < -0.4 is 5.56 Å². The van der Waals surface area contributed by atoms with Gasteiger partial charge in [-0.3, -0.25) is 9.59 Å². The second-order valence-electron chi connectivity index (χ2n) is 9.21. The molecule has 1 atom stereocenters. The minimum absolute atomic E-state index is 0.262. The fraction of sp³-hybridized carbons (Fsp3) is 0.0645. The highest BCUT2D eigenvalue weighted by Gasteiger charge is 2.36. The summed E-state index contributed by atoms with van der Waals surface area (Å²) in [7, 11) is 0. The van der Waals surface area contributed by atoms with Crippen LogP contribution >= 0.6 is 43.5 Å². The lowest BCUT2D eigenvalue weighted by atomic mass is 9.91. The van der Waals surface area contributed by atoms with Gasteiger partial charge in [0.15, 0.2) is 0 Å². The second-order valence-corrected chi connectivity index (χ2v) is 11.4. The van der Waals surface area contributed by atoms with Crippen LogP contribution in [0.4, 0.5) is 0 Å². The maximum atomic E-state index is 13.8. The van der Waals surface area contributed by atoms with Gasteiger partial charge in [-0.25, -0.2) is 5.01 Å². The third-order valence-corrected chi connectivity index (χ3v) is 8.10. The summed E-state index contributed by atoms with van der Waals surface area (Å²) < 4.78 is 1.78. The Morgan fingerprint density at radius 2 is 1.62 bits per heavy atom. The third-order valence-electron chi connectivity index (χ3n) is 6.78. The second kappa shape index (κ2) is 10.6. The van der Waals surface area contributed by atoms with Gasteiger partial charge in [0.05, 0.1) is 27.9 Å². The molecule has 0 radical (unpaired) electrons. The predicted molar refractivity (Wildman–Crippen MR) is 163 cm³/mol. The summed E-state index contributed by atoms with van der Waals surface area (Å²) in [6, 6.07) is 29.8. The summed E-state index contributed by atoms with van der Waals surface area (Å²) in [6.45, 7) is 0. The van der Waals surface area contributed by atoms with E-state index in [1.54, 1.807) is 24.3 Å². The van der Waals surface area contributed by atoms with Crippen LogP contribution in [0.15, 0.2) is 116 Å². The van der Waals surface area contributed by atoms with E-state index in [0.29, 0.717) is 28.3 Å². The van der Waals surface area contributed by atoms with Gasteiger partial charge >= 0.3 is 0 Å². The Labute approximate surface area is 246 Å². The van der Waals surface area contributed by atoms with Crippen LogP contribution in [0.5, 0.6) is 0 Å². The number of carbonyl (C=O) groups is 1. The van der Waals surface area contributed by atoms with E-state index in [1.165, 1.54) is 5.01 Å². The molecule has 6 rings (SSSR count). The molecule has 0 bridgehead atoms. The lowest BCUT2D eigenvalue weighted by molar-refractivity contribution is 0.0711. The number of H-pyrrole nitrogens is 1. The van der Waals surface area contributed by atoms with E-state index < -0.39 is 6.04 Å². The first kappa shape index (κ1) is 25.7. The number of carbonyl (C=O) groups excluding carboxylic acids is 1. The van der Waals surface area contributed by atoms with Gasteiger partial charge in [-0.1, -0.05) is 98.1 Å². The van der Waals surface area contributed by atoms with Crippen LogP contribution in [-0.2, 0) is 0 Å². The van der Waals surface area contributed by atoms with Crippen molar-refractivity contribution in [3.8, 4) is 11.1 Å². The maximum absolute atomic E-state index is 13.8. The fourth-order valence-corrected chi connectivity index (χ4v) is 6.02. The predicted octanol–water partition coefficient (Wildman–Crippen LogP) is 8.37. The van der Waals surface area contributed by atoms with Gasteiger partial charge in [-0.05, 0) is 53.6 Å². The summed E-state index contributed by atoms with van der Waals surface area (Å²) in [5.41, 5.74) is 4.34. The molecule has 5 nitrogen and oxygen atoms in total. The Morgan fingerprint density at radius 1 is 0.872 bits per heavy atom. The maximum Gasteiger partial charge on any atom is 0.276 e. The first-order valence-corrected chi connectivity index (χ1v) is 14.2. The van der Waals surface area contributed by atoms with Gasteiger partial charge in [-0.15, -0.1) is 0 Å². The molecule has 1 N–H and O–H groups in total. The molecule has 0 saturated heterocycles. The van der Waals surface area contributed by atoms with E-state index in [-0.39, 0.29) is 11.5 Å². The van der Waals surface area contributed by atoms with E-state index in [1.807, 2.05) is 72.8 Å². The Balaban J connectivity index is 1.59. The van der Waals surface area contributed by atoms with Gasteiger partial charge in [0.2, 0.25) is 0 Å². The van der Waals surface area contributed by atoms with E-state index in [4.69, 9.17) is 16.7 Å². The molecular formula is C31H20Br2ClN3O2. The number of hydrazone groups is 1. The number of hydrogen-bond donors (Lipinski definition) is 1. The van der Waals surface area contributed by atoms with Gasteiger partial charge in [0.1, 0.15) is 0 Å². The van der Waals surface area contributed by atoms with Crippen LogP contribution in [0, 0.1) is 0 Å². The summed E-state index contributed by atoms with van der Waals surface area (Å²) in [5.74, 6) is -0.332. The molecule has 0 aliphatic carbocycles. The number of pyridine rings is 1. The molecule has 0 unspecified atom stereocenters. The van der Waals surface area contributed by atoms with Gasteiger partial charge in [0.25, 0.3) is 11.5 Å². The molecule has 0 saturated carbocycles. The van der Waals surface area contributed by atoms with Crippen LogP contribution in [0.1, 0.15) is 33.9 Å². The Hall–Kier alpha value is -3.52. The van der Waals surface area contributed by atoms with E-state index in [2.05, 4.69) is 36.8 Å². The average molecular weight is 662 g/mol. The zero-order valence-electron chi connectivity index (χ0n) is 20.4. The van der Waals surface area contributed by atoms with E-state index in [9.17, 15) is 9.59 Å². The van der Waals surface area contributed by atoms with Crippen molar-refractivity contribution in [1.82, 2.24) is 9.99 Å². The van der Waals surface area contributed by atoms with Crippen LogP contribution in [-0.4, -0.2) is 21.6 Å². The highest BCUT2D eigenvalue weighted by molar-refractivity contribution is 9.10. The summed E-state index contributed by atoms with van der Waals surface area (Å²) in [6.07, 6.45) is 0.356. The van der Waals surface area contributed by atoms with Crippen LogP contribution in [0.2, 0.25) is 5.02 Å². The van der Waals surface area contributed by atoms with Crippen molar-refractivity contribution in [3.63, 3.8) is 0 Å². The van der Waals surface area contributed by atoms with Gasteiger partial charge in [0, 0.05) is 31.8 Å². The number of aromatic nitrogens is 1. The lowest BCUT2D eigenvalue weighted by Crippen LogP contribution is -2.27. The molecule has 1 aromatic heterocycles. The highest BCUT2D eigenvalue weighted by Crippen LogP contribution is 2.39. The number of nitrogens with zero attached hydrogens (tertiary/aromatic N) is 2. The fourth-order valence-electron chi connectivity index (χ4n) is 5.03. The molecule has 0 spiro atoms. The van der Waals surface area contributed by atoms with Crippen LogP contribution in [0.25, 0.3) is 22.0 Å². The largest absolute Gasteiger partial charge is 0.321 e. The first-order valence-electron chi connectivity index (χ1n) is 12.2. The molecule has 1 amide bonds. The topological polar surface area (TPSA) is 65.5 Å². The highest BCUT2D eigenvalue weighted by atomic mass is 79.9. The molecule has 2 heterocycles. The van der Waals surface area contributed by atoms with Crippen LogP contribution in [0.3, 0.4) is 0 Å². The summed E-state index contributed by atoms with van der Waals surface area (Å²) in [4.78, 5) is 30.6. The van der Waals surface area contributed by atoms with Crippen molar-refractivity contribution in [2.45, 2.75) is 12.5 Å². The zero-order chi connectivity index (χ0) is 27.1. The SMILES string of the molecule is O=C(c1ccccc1Cl)N1N=C(c2c(-c3ccccc3)c3cc(Br)ccc3[nH]c2=O)C[C@H]1c1cccc(Br)c1.